The Bertz CT molecular complexity index is 1150. The predicted octanol–water partition coefficient (Wildman–Crippen LogP) is 4.15. The summed E-state index contributed by atoms with van der Waals surface area (Å²) in [6, 6.07) is 12.4. The van der Waals surface area contributed by atoms with E-state index in [4.69, 9.17) is 14.2 Å². The first-order chi connectivity index (χ1) is 15.4. The predicted molar refractivity (Wildman–Crippen MR) is 122 cm³/mol. The summed E-state index contributed by atoms with van der Waals surface area (Å²) >= 11 is 0. The lowest BCUT2D eigenvalue weighted by Crippen LogP contribution is -2.07. The average molecular weight is 438 g/mol. The van der Waals surface area contributed by atoms with Crippen LogP contribution in [0, 0.1) is 24.0 Å². The molecule has 0 unspecified atom stereocenters. The molecule has 0 saturated carbocycles. The molecule has 9 nitrogen and oxygen atoms in total. The fraction of sp³-hybridized carbons (Fsp3) is 0.261. The van der Waals surface area contributed by atoms with Crippen molar-refractivity contribution in [2.75, 3.05) is 21.3 Å². The molecular weight excluding hydrogens is 412 g/mol. The second-order valence-electron chi connectivity index (χ2n) is 7.06. The smallest absolute Gasteiger partial charge is 0.296 e. The topological polar surface area (TPSA) is 100 Å². The fourth-order valence-electron chi connectivity index (χ4n) is 3.50. The molecule has 0 fully saturated rings. The quantitative estimate of drug-likeness (QED) is 0.306. The normalized spacial score (nSPS) is 10.9. The number of benzene rings is 2. The monoisotopic (exact) mass is 438 g/mol. The van der Waals surface area contributed by atoms with Gasteiger partial charge in [0, 0.05) is 17.0 Å². The van der Waals surface area contributed by atoms with Crippen LogP contribution in [0.5, 0.6) is 17.2 Å². The van der Waals surface area contributed by atoms with Crippen LogP contribution in [0.25, 0.3) is 5.69 Å². The average Bonchev–Trinajstić information content (AvgIpc) is 3.08. The minimum Gasteiger partial charge on any atom is -0.496 e. The molecule has 0 atom stereocenters. The number of ether oxygens (including phenoxy) is 3. The number of nitrogens with zero attached hydrogens (tertiary/aromatic N) is 3. The van der Waals surface area contributed by atoms with Crippen LogP contribution in [0.3, 0.4) is 0 Å². The third-order valence-electron chi connectivity index (χ3n) is 5.12. The van der Waals surface area contributed by atoms with Crippen molar-refractivity contribution in [3.63, 3.8) is 0 Å². The van der Waals surface area contributed by atoms with E-state index in [9.17, 15) is 10.1 Å². The van der Waals surface area contributed by atoms with Crippen molar-refractivity contribution in [1.29, 1.82) is 0 Å². The summed E-state index contributed by atoms with van der Waals surface area (Å²) in [7, 11) is 4.67. The van der Waals surface area contributed by atoms with Crippen molar-refractivity contribution < 1.29 is 19.1 Å². The van der Waals surface area contributed by atoms with Crippen molar-refractivity contribution in [3.8, 4) is 22.9 Å². The van der Waals surface area contributed by atoms with E-state index in [0.717, 1.165) is 22.5 Å². The van der Waals surface area contributed by atoms with Gasteiger partial charge in [-0.1, -0.05) is 6.07 Å². The number of aryl methyl sites for hydroxylation is 1. The van der Waals surface area contributed by atoms with Gasteiger partial charge < -0.3 is 24.2 Å². The van der Waals surface area contributed by atoms with E-state index in [1.807, 2.05) is 42.7 Å². The van der Waals surface area contributed by atoms with E-state index in [1.165, 1.54) is 13.2 Å². The molecule has 1 N–H and O–H groups in total. The van der Waals surface area contributed by atoms with Crippen LogP contribution in [-0.4, -0.2) is 37.0 Å². The van der Waals surface area contributed by atoms with E-state index in [0.29, 0.717) is 29.5 Å². The summed E-state index contributed by atoms with van der Waals surface area (Å²) < 4.78 is 17.5. The highest BCUT2D eigenvalue weighted by molar-refractivity contribution is 5.82. The zero-order valence-corrected chi connectivity index (χ0v) is 18.7. The number of nitrogens with one attached hydrogen (secondary N) is 1. The highest BCUT2D eigenvalue weighted by atomic mass is 16.6. The van der Waals surface area contributed by atoms with E-state index < -0.39 is 4.92 Å². The van der Waals surface area contributed by atoms with E-state index in [2.05, 4.69) is 10.5 Å². The SMILES string of the molecule is COc1ccc(-n2c(C)cc(/C=N\NCc3ccc(OC)c(OC)c3)c2C)c([N+](=O)[O-])c1. The van der Waals surface area contributed by atoms with Gasteiger partial charge in [-0.05, 0) is 49.7 Å². The Balaban J connectivity index is 1.80. The molecule has 3 rings (SSSR count). The lowest BCUT2D eigenvalue weighted by molar-refractivity contribution is -0.384. The van der Waals surface area contributed by atoms with Crippen LogP contribution >= 0.6 is 0 Å². The van der Waals surface area contributed by atoms with E-state index in [1.54, 1.807) is 32.6 Å². The molecule has 0 bridgehead atoms. The maximum absolute atomic E-state index is 11.6. The van der Waals surface area contributed by atoms with E-state index >= 15 is 0 Å². The molecule has 1 aromatic heterocycles. The van der Waals surface area contributed by atoms with Gasteiger partial charge in [-0.2, -0.15) is 5.10 Å². The Kier molecular flexibility index (Phi) is 6.99. The van der Waals surface area contributed by atoms with Gasteiger partial charge in [0.2, 0.25) is 0 Å². The molecule has 0 saturated heterocycles. The number of methoxy groups -OCH3 is 3. The minimum atomic E-state index is -0.408. The largest absolute Gasteiger partial charge is 0.496 e. The summed E-state index contributed by atoms with van der Waals surface area (Å²) in [5.74, 6) is 1.75. The zero-order valence-electron chi connectivity index (χ0n) is 18.7. The Morgan fingerprint density at radius 2 is 1.78 bits per heavy atom. The molecule has 168 valence electrons. The number of hydrazone groups is 1. The maximum Gasteiger partial charge on any atom is 0.296 e. The lowest BCUT2D eigenvalue weighted by Gasteiger charge is -2.11. The van der Waals surface area contributed by atoms with E-state index in [-0.39, 0.29) is 5.69 Å². The van der Waals surface area contributed by atoms with Gasteiger partial charge in [-0.25, -0.2) is 0 Å². The highest BCUT2D eigenvalue weighted by Crippen LogP contribution is 2.31. The lowest BCUT2D eigenvalue weighted by atomic mass is 10.2. The van der Waals surface area contributed by atoms with Crippen LogP contribution in [0.2, 0.25) is 0 Å². The van der Waals surface area contributed by atoms with Gasteiger partial charge in [0.05, 0.1) is 45.1 Å². The number of nitro groups is 1. The molecule has 2 aromatic carbocycles. The van der Waals surface area contributed by atoms with Crippen LogP contribution in [0.15, 0.2) is 47.6 Å². The van der Waals surface area contributed by atoms with Crippen molar-refractivity contribution in [2.24, 2.45) is 5.10 Å². The van der Waals surface area contributed by atoms with Gasteiger partial charge >= 0.3 is 0 Å². The number of aromatic nitrogens is 1. The van der Waals surface area contributed by atoms with Gasteiger partial charge in [-0.3, -0.25) is 10.1 Å². The third kappa shape index (κ3) is 4.66. The van der Waals surface area contributed by atoms with Crippen molar-refractivity contribution >= 4 is 11.9 Å². The second-order valence-corrected chi connectivity index (χ2v) is 7.06. The number of nitro benzene ring substituents is 1. The first-order valence-electron chi connectivity index (χ1n) is 9.88. The highest BCUT2D eigenvalue weighted by Gasteiger charge is 2.20. The summed E-state index contributed by atoms with van der Waals surface area (Å²) in [5, 5.41) is 15.9. The number of hydrogen-bond acceptors (Lipinski definition) is 7. The van der Waals surface area contributed by atoms with Crippen LogP contribution in [0.4, 0.5) is 5.69 Å². The molecule has 3 aromatic rings. The molecule has 0 spiro atoms. The summed E-state index contributed by atoms with van der Waals surface area (Å²) in [5.41, 5.74) is 7.01. The molecule has 0 aliphatic heterocycles. The van der Waals surface area contributed by atoms with Crippen molar-refractivity contribution in [2.45, 2.75) is 20.4 Å². The summed E-state index contributed by atoms with van der Waals surface area (Å²) in [6.07, 6.45) is 1.70. The van der Waals surface area contributed by atoms with Crippen molar-refractivity contribution in [1.82, 2.24) is 9.99 Å². The zero-order chi connectivity index (χ0) is 23.3. The second kappa shape index (κ2) is 9.86. The Morgan fingerprint density at radius 3 is 2.44 bits per heavy atom. The molecule has 32 heavy (non-hydrogen) atoms. The van der Waals surface area contributed by atoms with Crippen LogP contribution < -0.4 is 19.6 Å². The molecule has 9 heteroatoms. The standard InChI is InChI=1S/C23H26N4O5/c1-15-10-18(14-25-24-13-17-6-9-22(31-4)23(11-17)32-5)16(2)26(15)20-8-7-19(30-3)12-21(20)27(28)29/h6-12,14,24H,13H2,1-5H3/b25-14-. The Hall–Kier alpha value is -4.01. The fourth-order valence-corrected chi connectivity index (χ4v) is 3.50. The summed E-state index contributed by atoms with van der Waals surface area (Å²) in [4.78, 5) is 11.2. The van der Waals surface area contributed by atoms with Gasteiger partial charge in [-0.15, -0.1) is 0 Å². The number of rotatable bonds is 9. The minimum absolute atomic E-state index is 0.0267. The number of hydrogen-bond donors (Lipinski definition) is 1. The van der Waals surface area contributed by atoms with Gasteiger partial charge in [0.1, 0.15) is 11.4 Å². The van der Waals surface area contributed by atoms with Crippen LogP contribution in [-0.2, 0) is 6.54 Å². The van der Waals surface area contributed by atoms with Gasteiger partial charge in [0.15, 0.2) is 11.5 Å². The molecule has 0 radical (unpaired) electrons. The Morgan fingerprint density at radius 1 is 1.03 bits per heavy atom. The summed E-state index contributed by atoms with van der Waals surface area (Å²) in [6.45, 7) is 4.30. The molecule has 0 aliphatic carbocycles. The van der Waals surface area contributed by atoms with Crippen LogP contribution in [0.1, 0.15) is 22.5 Å². The molecule has 1 heterocycles. The molecular formula is C23H26N4O5. The van der Waals surface area contributed by atoms with Gasteiger partial charge in [0.25, 0.3) is 5.69 Å². The third-order valence-corrected chi connectivity index (χ3v) is 5.12. The first-order valence-corrected chi connectivity index (χ1v) is 9.88. The van der Waals surface area contributed by atoms with Crippen molar-refractivity contribution in [3.05, 3.63) is 75.1 Å². The Labute approximate surface area is 186 Å². The maximum atomic E-state index is 11.6. The molecule has 0 aliphatic rings. The molecule has 0 amide bonds. The first kappa shape index (κ1) is 22.7.